The average molecular weight is 228 g/mol. The lowest BCUT2D eigenvalue weighted by Gasteiger charge is -2.09. The third-order valence-corrected chi connectivity index (χ3v) is 2.52. The number of carbonyl (C=O) groups is 1. The predicted molar refractivity (Wildman–Crippen MR) is 54.4 cm³/mol. The van der Waals surface area contributed by atoms with Crippen LogP contribution in [0.15, 0.2) is 12.3 Å². The second-order valence-corrected chi connectivity index (χ2v) is 3.90. The van der Waals surface area contributed by atoms with E-state index in [1.807, 2.05) is 0 Å². The maximum Gasteiger partial charge on any atom is 0.339 e. The zero-order valence-electron chi connectivity index (χ0n) is 7.94. The van der Waals surface area contributed by atoms with Crippen molar-refractivity contribution in [3.63, 3.8) is 0 Å². The van der Waals surface area contributed by atoms with Crippen LogP contribution in [0.1, 0.15) is 23.2 Å². The van der Waals surface area contributed by atoms with Crippen molar-refractivity contribution in [3.8, 4) is 5.75 Å². The van der Waals surface area contributed by atoms with Crippen LogP contribution in [0.25, 0.3) is 0 Å². The second kappa shape index (κ2) is 4.06. The third kappa shape index (κ3) is 2.39. The van der Waals surface area contributed by atoms with E-state index in [-0.39, 0.29) is 16.5 Å². The molecule has 1 heterocycles. The van der Waals surface area contributed by atoms with Crippen molar-refractivity contribution in [1.82, 2.24) is 4.98 Å². The van der Waals surface area contributed by atoms with Crippen LogP contribution in [-0.2, 0) is 0 Å². The van der Waals surface area contributed by atoms with E-state index in [9.17, 15) is 4.79 Å². The quantitative estimate of drug-likeness (QED) is 0.802. The number of rotatable bonds is 4. The minimum Gasteiger partial charge on any atom is -0.489 e. The molecule has 2 rings (SSSR count). The molecule has 15 heavy (non-hydrogen) atoms. The van der Waals surface area contributed by atoms with E-state index < -0.39 is 5.97 Å². The molecule has 1 saturated carbocycles. The Balaban J connectivity index is 2.20. The van der Waals surface area contributed by atoms with Crippen LogP contribution in [-0.4, -0.2) is 22.7 Å². The summed E-state index contributed by atoms with van der Waals surface area (Å²) in [5, 5.41) is 9.01. The van der Waals surface area contributed by atoms with Gasteiger partial charge in [-0.05, 0) is 24.8 Å². The molecule has 1 aromatic heterocycles. The molecule has 0 atom stereocenters. The number of carboxylic acids is 1. The van der Waals surface area contributed by atoms with Gasteiger partial charge in [-0.25, -0.2) is 9.78 Å². The van der Waals surface area contributed by atoms with E-state index in [0.29, 0.717) is 12.5 Å². The van der Waals surface area contributed by atoms with Gasteiger partial charge in [-0.15, -0.1) is 0 Å². The van der Waals surface area contributed by atoms with Gasteiger partial charge in [0.15, 0.2) is 10.9 Å². The molecule has 0 aliphatic heterocycles. The first-order valence-corrected chi connectivity index (χ1v) is 5.07. The molecule has 0 unspecified atom stereocenters. The molecular formula is C10H10ClNO3. The number of hydrogen-bond donors (Lipinski definition) is 1. The van der Waals surface area contributed by atoms with E-state index in [4.69, 9.17) is 21.4 Å². The normalized spacial score (nSPS) is 15.0. The molecule has 80 valence electrons. The van der Waals surface area contributed by atoms with Crippen LogP contribution in [0.5, 0.6) is 5.75 Å². The first kappa shape index (κ1) is 10.2. The standard InChI is InChI=1S/C10H10ClNO3/c11-9-8(15-5-6-1-2-6)7(10(13)14)3-4-12-9/h3-4,6H,1-2,5H2,(H,13,14). The summed E-state index contributed by atoms with van der Waals surface area (Å²) in [5.41, 5.74) is 0.0654. The Kier molecular flexibility index (Phi) is 2.77. The van der Waals surface area contributed by atoms with Gasteiger partial charge in [-0.1, -0.05) is 11.6 Å². The second-order valence-electron chi connectivity index (χ2n) is 3.54. The molecule has 1 aromatic rings. The van der Waals surface area contributed by atoms with E-state index in [1.165, 1.54) is 12.3 Å². The minimum absolute atomic E-state index is 0.0654. The van der Waals surface area contributed by atoms with Crippen molar-refractivity contribution < 1.29 is 14.6 Å². The molecule has 0 spiro atoms. The number of aromatic nitrogens is 1. The number of carboxylic acid groups (broad SMARTS) is 1. The molecule has 0 aromatic carbocycles. The maximum atomic E-state index is 10.9. The molecule has 0 amide bonds. The topological polar surface area (TPSA) is 59.4 Å². The first-order chi connectivity index (χ1) is 7.18. The van der Waals surface area contributed by atoms with Gasteiger partial charge in [-0.3, -0.25) is 0 Å². The largest absolute Gasteiger partial charge is 0.489 e. The van der Waals surface area contributed by atoms with E-state index >= 15 is 0 Å². The number of ether oxygens (including phenoxy) is 1. The number of halogens is 1. The van der Waals surface area contributed by atoms with Gasteiger partial charge < -0.3 is 9.84 Å². The van der Waals surface area contributed by atoms with Crippen molar-refractivity contribution in [2.24, 2.45) is 5.92 Å². The van der Waals surface area contributed by atoms with Crippen molar-refractivity contribution in [3.05, 3.63) is 23.0 Å². The lowest BCUT2D eigenvalue weighted by Crippen LogP contribution is -2.06. The number of aromatic carboxylic acids is 1. The number of pyridine rings is 1. The zero-order chi connectivity index (χ0) is 10.8. The van der Waals surface area contributed by atoms with Crippen LogP contribution in [0.3, 0.4) is 0 Å². The predicted octanol–water partition coefficient (Wildman–Crippen LogP) is 2.22. The fourth-order valence-electron chi connectivity index (χ4n) is 1.21. The molecule has 1 aliphatic carbocycles. The Hall–Kier alpha value is -1.29. The molecule has 0 radical (unpaired) electrons. The third-order valence-electron chi connectivity index (χ3n) is 2.25. The monoisotopic (exact) mass is 227 g/mol. The maximum absolute atomic E-state index is 10.9. The highest BCUT2D eigenvalue weighted by molar-refractivity contribution is 6.31. The summed E-state index contributed by atoms with van der Waals surface area (Å²) in [6, 6.07) is 1.39. The summed E-state index contributed by atoms with van der Waals surface area (Å²) in [7, 11) is 0. The molecule has 1 N–H and O–H groups in total. The lowest BCUT2D eigenvalue weighted by atomic mass is 10.2. The molecular weight excluding hydrogens is 218 g/mol. The fourth-order valence-corrected chi connectivity index (χ4v) is 1.43. The summed E-state index contributed by atoms with van der Waals surface area (Å²) in [6.45, 7) is 0.520. The Morgan fingerprint density at radius 2 is 2.40 bits per heavy atom. The summed E-state index contributed by atoms with van der Waals surface area (Å²) >= 11 is 5.78. The molecule has 1 fully saturated rings. The van der Waals surface area contributed by atoms with Gasteiger partial charge in [-0.2, -0.15) is 0 Å². The first-order valence-electron chi connectivity index (χ1n) is 4.69. The van der Waals surface area contributed by atoms with Gasteiger partial charge in [0.05, 0.1) is 6.61 Å². The van der Waals surface area contributed by atoms with Crippen LogP contribution in [0.4, 0.5) is 0 Å². The fraction of sp³-hybridized carbons (Fsp3) is 0.400. The Bertz CT molecular complexity index is 390. The summed E-state index contributed by atoms with van der Waals surface area (Å²) in [6.07, 6.45) is 3.64. The van der Waals surface area contributed by atoms with E-state index in [2.05, 4.69) is 4.98 Å². The number of hydrogen-bond acceptors (Lipinski definition) is 3. The smallest absolute Gasteiger partial charge is 0.339 e. The van der Waals surface area contributed by atoms with Crippen LogP contribution in [0.2, 0.25) is 5.15 Å². The van der Waals surface area contributed by atoms with Gasteiger partial charge in [0, 0.05) is 6.20 Å². The Morgan fingerprint density at radius 3 is 3.00 bits per heavy atom. The highest BCUT2D eigenvalue weighted by Crippen LogP contribution is 2.32. The van der Waals surface area contributed by atoms with Crippen LogP contribution in [0, 0.1) is 5.92 Å². The molecule has 0 saturated heterocycles. The molecule has 4 nitrogen and oxygen atoms in total. The van der Waals surface area contributed by atoms with Crippen molar-refractivity contribution in [2.45, 2.75) is 12.8 Å². The van der Waals surface area contributed by atoms with Crippen molar-refractivity contribution >= 4 is 17.6 Å². The summed E-state index contributed by atoms with van der Waals surface area (Å²) in [4.78, 5) is 14.7. The SMILES string of the molecule is O=C(O)c1ccnc(Cl)c1OCC1CC1. The Labute approximate surface area is 91.8 Å². The zero-order valence-corrected chi connectivity index (χ0v) is 8.70. The van der Waals surface area contributed by atoms with E-state index in [1.54, 1.807) is 0 Å². The highest BCUT2D eigenvalue weighted by Gasteiger charge is 2.24. The molecule has 5 heteroatoms. The molecule has 1 aliphatic rings. The minimum atomic E-state index is -1.05. The summed E-state index contributed by atoms with van der Waals surface area (Å²) < 4.78 is 5.38. The van der Waals surface area contributed by atoms with Crippen molar-refractivity contribution in [1.29, 1.82) is 0 Å². The van der Waals surface area contributed by atoms with E-state index in [0.717, 1.165) is 12.8 Å². The van der Waals surface area contributed by atoms with Crippen LogP contribution >= 0.6 is 11.6 Å². The van der Waals surface area contributed by atoms with Gasteiger partial charge in [0.2, 0.25) is 0 Å². The lowest BCUT2D eigenvalue weighted by molar-refractivity contribution is 0.0691. The molecule has 0 bridgehead atoms. The van der Waals surface area contributed by atoms with Gasteiger partial charge >= 0.3 is 5.97 Å². The number of nitrogens with zero attached hydrogens (tertiary/aromatic N) is 1. The van der Waals surface area contributed by atoms with Crippen LogP contribution < -0.4 is 4.74 Å². The van der Waals surface area contributed by atoms with Gasteiger partial charge in [0.1, 0.15) is 5.56 Å². The Morgan fingerprint density at radius 1 is 1.67 bits per heavy atom. The average Bonchev–Trinajstić information content (AvgIpc) is 2.99. The highest BCUT2D eigenvalue weighted by atomic mass is 35.5. The van der Waals surface area contributed by atoms with Crippen molar-refractivity contribution in [2.75, 3.05) is 6.61 Å². The van der Waals surface area contributed by atoms with Gasteiger partial charge in [0.25, 0.3) is 0 Å². The summed E-state index contributed by atoms with van der Waals surface area (Å²) in [5.74, 6) is -0.327.